The summed E-state index contributed by atoms with van der Waals surface area (Å²) in [6.45, 7) is 3.74. The molecule has 1 aromatic carbocycles. The van der Waals surface area contributed by atoms with Crippen molar-refractivity contribution in [1.29, 1.82) is 0 Å². The van der Waals surface area contributed by atoms with Crippen LogP contribution in [-0.4, -0.2) is 12.6 Å². The van der Waals surface area contributed by atoms with E-state index in [1.807, 2.05) is 12.1 Å². The Morgan fingerprint density at radius 2 is 2.11 bits per heavy atom. The van der Waals surface area contributed by atoms with E-state index in [1.54, 1.807) is 12.1 Å². The maximum Gasteiger partial charge on any atom is 0.330 e. The zero-order valence-electron chi connectivity index (χ0n) is 10.1. The summed E-state index contributed by atoms with van der Waals surface area (Å²) in [5.74, 6) is -0.381. The minimum Gasteiger partial charge on any atom is -0.463 e. The molecule has 0 N–H and O–H groups in total. The van der Waals surface area contributed by atoms with E-state index < -0.39 is 0 Å². The molecule has 0 spiro atoms. The van der Waals surface area contributed by atoms with Crippen molar-refractivity contribution < 1.29 is 9.53 Å². The lowest BCUT2D eigenvalue weighted by Crippen LogP contribution is -2.02. The number of rotatable bonds is 7. The molecule has 0 aromatic heterocycles. The molecule has 18 heavy (non-hydrogen) atoms. The Labute approximate surface area is 106 Å². The van der Waals surface area contributed by atoms with Crippen LogP contribution in [0.3, 0.4) is 0 Å². The van der Waals surface area contributed by atoms with Crippen LogP contribution in [0, 0.1) is 0 Å². The Kier molecular flexibility index (Phi) is 6.08. The number of hydrogen-bond acceptors (Lipinski definition) is 3. The van der Waals surface area contributed by atoms with Gasteiger partial charge in [0.15, 0.2) is 0 Å². The number of carbonyl (C=O) groups is 1. The predicted molar refractivity (Wildman–Crippen MR) is 69.3 cm³/mol. The zero-order chi connectivity index (χ0) is 13.2. The lowest BCUT2D eigenvalue weighted by atomic mass is 10.1. The number of azide groups is 1. The molecule has 0 aliphatic heterocycles. The fourth-order valence-electron chi connectivity index (χ4n) is 1.44. The summed E-state index contributed by atoms with van der Waals surface area (Å²) in [6, 6.07) is 7.43. The Balaban J connectivity index is 2.25. The molecule has 0 bridgehead atoms. The van der Waals surface area contributed by atoms with Gasteiger partial charge in [0.2, 0.25) is 0 Å². The number of aryl methyl sites for hydroxylation is 1. The van der Waals surface area contributed by atoms with Crippen LogP contribution >= 0.6 is 0 Å². The molecule has 0 atom stereocenters. The monoisotopic (exact) mass is 245 g/mol. The second-order valence-electron chi connectivity index (χ2n) is 3.68. The predicted octanol–water partition coefficient (Wildman–Crippen LogP) is 3.68. The summed E-state index contributed by atoms with van der Waals surface area (Å²) < 4.78 is 4.87. The molecule has 5 nitrogen and oxygen atoms in total. The third-order valence-corrected chi connectivity index (χ3v) is 2.37. The van der Waals surface area contributed by atoms with Crippen molar-refractivity contribution in [2.24, 2.45) is 5.11 Å². The van der Waals surface area contributed by atoms with Gasteiger partial charge >= 0.3 is 5.97 Å². The molecule has 0 aliphatic rings. The molecule has 94 valence electrons. The van der Waals surface area contributed by atoms with Crippen molar-refractivity contribution in [3.63, 3.8) is 0 Å². The zero-order valence-corrected chi connectivity index (χ0v) is 10.1. The molecule has 0 saturated carbocycles. The second-order valence-corrected chi connectivity index (χ2v) is 3.68. The smallest absolute Gasteiger partial charge is 0.330 e. The minimum absolute atomic E-state index is 0.381. The van der Waals surface area contributed by atoms with Crippen molar-refractivity contribution >= 4 is 11.7 Å². The van der Waals surface area contributed by atoms with Crippen LogP contribution in [0.5, 0.6) is 0 Å². The molecule has 1 aromatic rings. The van der Waals surface area contributed by atoms with Crippen molar-refractivity contribution in [3.05, 3.63) is 52.9 Å². The van der Waals surface area contributed by atoms with Gasteiger partial charge in [0.05, 0.1) is 6.61 Å². The SMILES string of the molecule is C=CC(=O)OCCCCc1ccc(N=[N+]=[N-])cc1. The molecule has 0 unspecified atom stereocenters. The van der Waals surface area contributed by atoms with E-state index in [0.717, 1.165) is 25.3 Å². The third-order valence-electron chi connectivity index (χ3n) is 2.37. The number of unbranched alkanes of at least 4 members (excludes halogenated alkanes) is 1. The summed E-state index contributed by atoms with van der Waals surface area (Å²) in [5.41, 5.74) is 10.0. The van der Waals surface area contributed by atoms with Crippen LogP contribution in [0.2, 0.25) is 0 Å². The molecule has 1 rings (SSSR count). The number of nitrogens with zero attached hydrogens (tertiary/aromatic N) is 3. The van der Waals surface area contributed by atoms with Gasteiger partial charge in [0.25, 0.3) is 0 Å². The number of ether oxygens (including phenoxy) is 1. The highest BCUT2D eigenvalue weighted by Gasteiger charge is 1.97. The number of benzene rings is 1. The van der Waals surface area contributed by atoms with E-state index in [0.29, 0.717) is 12.3 Å². The van der Waals surface area contributed by atoms with E-state index in [-0.39, 0.29) is 5.97 Å². The van der Waals surface area contributed by atoms with Gasteiger partial charge in [-0.2, -0.15) is 0 Å². The van der Waals surface area contributed by atoms with Crippen LogP contribution in [0.15, 0.2) is 42.0 Å². The Bertz CT molecular complexity index is 448. The third kappa shape index (κ3) is 5.18. The van der Waals surface area contributed by atoms with E-state index in [9.17, 15) is 4.79 Å². The second kappa shape index (κ2) is 7.92. The highest BCUT2D eigenvalue weighted by atomic mass is 16.5. The molecule has 0 amide bonds. The summed E-state index contributed by atoms with van der Waals surface area (Å²) in [7, 11) is 0. The first kappa shape index (κ1) is 13.8. The van der Waals surface area contributed by atoms with Crippen molar-refractivity contribution in [1.82, 2.24) is 0 Å². The standard InChI is InChI=1S/C13H15N3O2/c1-2-13(17)18-10-4-3-5-11-6-8-12(9-7-11)15-16-14/h2,6-9H,1,3-5,10H2. The molecular formula is C13H15N3O2. The van der Waals surface area contributed by atoms with Gasteiger partial charge in [-0.3, -0.25) is 0 Å². The average Bonchev–Trinajstić information content (AvgIpc) is 2.40. The van der Waals surface area contributed by atoms with E-state index >= 15 is 0 Å². The quantitative estimate of drug-likeness (QED) is 0.183. The average molecular weight is 245 g/mol. The number of hydrogen-bond donors (Lipinski definition) is 0. The molecule has 0 radical (unpaired) electrons. The van der Waals surface area contributed by atoms with Crippen LogP contribution in [0.1, 0.15) is 18.4 Å². The van der Waals surface area contributed by atoms with Gasteiger partial charge in [-0.15, -0.1) is 0 Å². The van der Waals surface area contributed by atoms with Crippen LogP contribution < -0.4 is 0 Å². The van der Waals surface area contributed by atoms with Crippen molar-refractivity contribution in [2.45, 2.75) is 19.3 Å². The van der Waals surface area contributed by atoms with Crippen LogP contribution in [0.25, 0.3) is 10.4 Å². The van der Waals surface area contributed by atoms with Crippen molar-refractivity contribution in [2.75, 3.05) is 6.61 Å². The van der Waals surface area contributed by atoms with E-state index in [4.69, 9.17) is 10.3 Å². The first-order valence-corrected chi connectivity index (χ1v) is 5.69. The topological polar surface area (TPSA) is 75.1 Å². The molecule has 5 heteroatoms. The van der Waals surface area contributed by atoms with Crippen LogP contribution in [-0.2, 0) is 16.0 Å². The fourth-order valence-corrected chi connectivity index (χ4v) is 1.44. The highest BCUT2D eigenvalue weighted by molar-refractivity contribution is 5.81. The van der Waals surface area contributed by atoms with E-state index in [2.05, 4.69) is 16.6 Å². The van der Waals surface area contributed by atoms with Gasteiger partial charge in [-0.1, -0.05) is 36.0 Å². The maximum absolute atomic E-state index is 10.8. The molecule has 0 saturated heterocycles. The summed E-state index contributed by atoms with van der Waals surface area (Å²) in [6.07, 6.45) is 3.82. The van der Waals surface area contributed by atoms with Gasteiger partial charge in [0, 0.05) is 16.7 Å². The summed E-state index contributed by atoms with van der Waals surface area (Å²) >= 11 is 0. The first-order valence-electron chi connectivity index (χ1n) is 5.69. The summed E-state index contributed by atoms with van der Waals surface area (Å²) in [5, 5.41) is 3.50. The molecule has 0 aliphatic carbocycles. The van der Waals surface area contributed by atoms with Crippen molar-refractivity contribution in [3.8, 4) is 0 Å². The number of esters is 1. The summed E-state index contributed by atoms with van der Waals surface area (Å²) in [4.78, 5) is 13.5. The fraction of sp³-hybridized carbons (Fsp3) is 0.308. The van der Waals surface area contributed by atoms with Gasteiger partial charge in [-0.25, -0.2) is 4.79 Å². The Morgan fingerprint density at radius 3 is 2.72 bits per heavy atom. The van der Waals surface area contributed by atoms with Crippen LogP contribution in [0.4, 0.5) is 5.69 Å². The highest BCUT2D eigenvalue weighted by Crippen LogP contribution is 2.14. The molecule has 0 fully saturated rings. The van der Waals surface area contributed by atoms with E-state index in [1.165, 1.54) is 5.56 Å². The Hall–Kier alpha value is -2.26. The minimum atomic E-state index is -0.381. The van der Waals surface area contributed by atoms with Gasteiger partial charge < -0.3 is 4.74 Å². The lowest BCUT2D eigenvalue weighted by molar-refractivity contribution is -0.137. The normalized spacial score (nSPS) is 9.33. The molecular weight excluding hydrogens is 230 g/mol. The number of carbonyl (C=O) groups excluding carboxylic acids is 1. The Morgan fingerprint density at radius 1 is 1.39 bits per heavy atom. The van der Waals surface area contributed by atoms with Gasteiger partial charge in [-0.05, 0) is 30.4 Å². The largest absolute Gasteiger partial charge is 0.463 e. The first-order chi connectivity index (χ1) is 8.76. The lowest BCUT2D eigenvalue weighted by Gasteiger charge is -2.03. The molecule has 0 heterocycles. The maximum atomic E-state index is 10.8. The van der Waals surface area contributed by atoms with Gasteiger partial charge in [0.1, 0.15) is 0 Å².